The quantitative estimate of drug-likeness (QED) is 0.642. The Bertz CT molecular complexity index is 533. The lowest BCUT2D eigenvalue weighted by atomic mass is 9.46. The van der Waals surface area contributed by atoms with Gasteiger partial charge in [0.25, 0.3) is 0 Å². The Morgan fingerprint density at radius 3 is 2.45 bits per heavy atom. The molecule has 22 heavy (non-hydrogen) atoms. The van der Waals surface area contributed by atoms with Crippen LogP contribution in [0, 0.1) is 22.7 Å². The van der Waals surface area contributed by atoms with Gasteiger partial charge in [-0.3, -0.25) is 9.59 Å². The third-order valence-electron chi connectivity index (χ3n) is 6.64. The summed E-state index contributed by atoms with van der Waals surface area (Å²) in [6.45, 7) is 6.43. The van der Waals surface area contributed by atoms with Crippen LogP contribution in [0.2, 0.25) is 0 Å². The van der Waals surface area contributed by atoms with Gasteiger partial charge in [-0.15, -0.1) is 0 Å². The van der Waals surface area contributed by atoms with Crippen molar-refractivity contribution in [3.05, 3.63) is 12.2 Å². The van der Waals surface area contributed by atoms with E-state index < -0.39 is 11.4 Å². The number of rotatable bonds is 3. The van der Waals surface area contributed by atoms with Crippen LogP contribution in [0.5, 0.6) is 0 Å². The number of hydrogen-bond acceptors (Lipinski definition) is 3. The molecule has 3 aliphatic rings. The molecule has 2 aliphatic carbocycles. The largest absolute Gasteiger partial charge is 0.481 e. The van der Waals surface area contributed by atoms with Crippen LogP contribution >= 0.6 is 0 Å². The molecule has 5 atom stereocenters. The number of epoxide rings is 1. The lowest BCUT2D eigenvalue weighted by Gasteiger charge is -2.57. The first-order valence-electron chi connectivity index (χ1n) is 8.31. The molecule has 1 N–H and O–H groups in total. The molecule has 0 radical (unpaired) electrons. The van der Waals surface area contributed by atoms with Crippen molar-refractivity contribution in [2.75, 3.05) is 6.61 Å². The van der Waals surface area contributed by atoms with Crippen LogP contribution in [-0.2, 0) is 14.3 Å². The third-order valence-corrected chi connectivity index (χ3v) is 6.64. The zero-order chi connectivity index (χ0) is 16.2. The van der Waals surface area contributed by atoms with E-state index in [1.807, 2.05) is 13.0 Å². The third kappa shape index (κ3) is 2.15. The highest BCUT2D eigenvalue weighted by Crippen LogP contribution is 2.65. The zero-order valence-corrected chi connectivity index (χ0v) is 13.7. The van der Waals surface area contributed by atoms with E-state index in [1.165, 1.54) is 0 Å². The molecule has 1 aliphatic heterocycles. The lowest BCUT2D eigenvalue weighted by Crippen LogP contribution is -2.56. The number of ketones is 1. The topological polar surface area (TPSA) is 66.9 Å². The van der Waals surface area contributed by atoms with Gasteiger partial charge in [0.15, 0.2) is 5.78 Å². The number of carbonyl (C=O) groups excluding carboxylic acids is 1. The highest BCUT2D eigenvalue weighted by Gasteiger charge is 2.66. The number of carboxylic acid groups (broad SMARTS) is 1. The summed E-state index contributed by atoms with van der Waals surface area (Å²) in [5, 5.41) is 9.80. The summed E-state index contributed by atoms with van der Waals surface area (Å²) >= 11 is 0. The van der Waals surface area contributed by atoms with Crippen molar-refractivity contribution in [3.63, 3.8) is 0 Å². The summed E-state index contributed by atoms with van der Waals surface area (Å²) in [6.07, 6.45) is 8.16. The van der Waals surface area contributed by atoms with Gasteiger partial charge in [-0.05, 0) is 56.9 Å². The number of carbonyl (C=O) groups is 2. The van der Waals surface area contributed by atoms with Crippen molar-refractivity contribution in [3.8, 4) is 0 Å². The van der Waals surface area contributed by atoms with Gasteiger partial charge in [0.05, 0.1) is 17.6 Å². The zero-order valence-electron chi connectivity index (χ0n) is 13.7. The van der Waals surface area contributed by atoms with E-state index in [9.17, 15) is 14.7 Å². The van der Waals surface area contributed by atoms with E-state index >= 15 is 0 Å². The minimum absolute atomic E-state index is 0.0401. The molecule has 4 heteroatoms. The second-order valence-corrected chi connectivity index (χ2v) is 7.97. The predicted molar refractivity (Wildman–Crippen MR) is 82.4 cm³/mol. The molecule has 3 rings (SSSR count). The fraction of sp³-hybridized carbons (Fsp3) is 0.778. The normalized spacial score (nSPS) is 47.4. The molecule has 0 aromatic rings. The fourth-order valence-electron chi connectivity index (χ4n) is 5.38. The number of allylic oxidation sites excluding steroid dienone is 1. The molecule has 4 nitrogen and oxygen atoms in total. The summed E-state index contributed by atoms with van der Waals surface area (Å²) in [5.41, 5.74) is -0.911. The van der Waals surface area contributed by atoms with Gasteiger partial charge in [0.2, 0.25) is 0 Å². The monoisotopic (exact) mass is 306 g/mol. The first-order valence-corrected chi connectivity index (χ1v) is 8.31. The Kier molecular flexibility index (Phi) is 3.52. The summed E-state index contributed by atoms with van der Waals surface area (Å²) in [7, 11) is 0. The first-order chi connectivity index (χ1) is 10.2. The van der Waals surface area contributed by atoms with E-state index in [4.69, 9.17) is 4.74 Å². The smallest absolute Gasteiger partial charge is 0.309 e. The van der Waals surface area contributed by atoms with Gasteiger partial charge in [-0.2, -0.15) is 0 Å². The number of ether oxygens (including phenoxy) is 1. The van der Waals surface area contributed by atoms with Crippen LogP contribution in [0.25, 0.3) is 0 Å². The molecule has 3 fully saturated rings. The van der Waals surface area contributed by atoms with Crippen molar-refractivity contribution in [2.45, 2.75) is 58.5 Å². The SMILES string of the molecule is CC(=O)/C=C/[C@H]1[C@@]2(CC[C@H]3[C@]1(C)CCC[C@]3(C)C(=O)O)CO2. The van der Waals surface area contributed by atoms with E-state index in [0.717, 1.165) is 38.7 Å². The second-order valence-electron chi connectivity index (χ2n) is 7.97. The Morgan fingerprint density at radius 1 is 1.23 bits per heavy atom. The van der Waals surface area contributed by atoms with Crippen LogP contribution < -0.4 is 0 Å². The molecular weight excluding hydrogens is 280 g/mol. The van der Waals surface area contributed by atoms with E-state index in [1.54, 1.807) is 13.0 Å². The molecule has 1 spiro atoms. The molecule has 0 bridgehead atoms. The number of fused-ring (bicyclic) bond motifs is 1. The number of aliphatic carboxylic acids is 1. The van der Waals surface area contributed by atoms with Gasteiger partial charge in [0, 0.05) is 5.92 Å². The van der Waals surface area contributed by atoms with E-state index in [0.29, 0.717) is 0 Å². The van der Waals surface area contributed by atoms with Crippen LogP contribution in [0.3, 0.4) is 0 Å². The van der Waals surface area contributed by atoms with Gasteiger partial charge in [-0.25, -0.2) is 0 Å². The van der Waals surface area contributed by atoms with Gasteiger partial charge in [0.1, 0.15) is 0 Å². The predicted octanol–water partition coefficient (Wildman–Crippen LogP) is 3.21. The summed E-state index contributed by atoms with van der Waals surface area (Å²) < 4.78 is 5.81. The van der Waals surface area contributed by atoms with Gasteiger partial charge in [-0.1, -0.05) is 19.4 Å². The minimum Gasteiger partial charge on any atom is -0.481 e. The summed E-state index contributed by atoms with van der Waals surface area (Å²) in [5.74, 6) is -0.354. The molecule has 1 saturated heterocycles. The van der Waals surface area contributed by atoms with Crippen LogP contribution in [0.4, 0.5) is 0 Å². The fourth-order valence-corrected chi connectivity index (χ4v) is 5.38. The summed E-state index contributed by atoms with van der Waals surface area (Å²) in [4.78, 5) is 23.3. The van der Waals surface area contributed by atoms with Crippen molar-refractivity contribution in [1.82, 2.24) is 0 Å². The standard InChI is InChI=1S/C18H26O4/c1-12(19)5-6-14-16(2)8-4-9-17(3,15(20)21)13(16)7-10-18(14)11-22-18/h5-6,13-14H,4,7-11H2,1-3H3,(H,20,21)/b6-5+/t13-,14+,16-,17-,18+/m0/s1. The summed E-state index contributed by atoms with van der Waals surface area (Å²) in [6, 6.07) is 0. The Balaban J connectivity index is 2.00. The Hall–Kier alpha value is -1.16. The average molecular weight is 306 g/mol. The Labute approximate surface area is 131 Å². The highest BCUT2D eigenvalue weighted by molar-refractivity contribution is 5.87. The average Bonchev–Trinajstić information content (AvgIpc) is 3.17. The first kappa shape index (κ1) is 15.7. The van der Waals surface area contributed by atoms with Crippen molar-refractivity contribution in [2.24, 2.45) is 22.7 Å². The molecule has 1 heterocycles. The van der Waals surface area contributed by atoms with Crippen molar-refractivity contribution >= 4 is 11.8 Å². The van der Waals surface area contributed by atoms with Crippen LogP contribution in [0.15, 0.2) is 12.2 Å². The maximum absolute atomic E-state index is 11.9. The molecule has 122 valence electrons. The molecule has 0 unspecified atom stereocenters. The maximum atomic E-state index is 11.9. The van der Waals surface area contributed by atoms with Crippen LogP contribution in [-0.4, -0.2) is 29.1 Å². The van der Waals surface area contributed by atoms with Gasteiger partial charge < -0.3 is 9.84 Å². The number of carboxylic acids is 1. The maximum Gasteiger partial charge on any atom is 0.309 e. The van der Waals surface area contributed by atoms with E-state index in [2.05, 4.69) is 6.92 Å². The van der Waals surface area contributed by atoms with Crippen LogP contribution in [0.1, 0.15) is 52.9 Å². The molecule has 0 amide bonds. The molecule has 2 saturated carbocycles. The lowest BCUT2D eigenvalue weighted by molar-refractivity contribution is -0.168. The van der Waals surface area contributed by atoms with E-state index in [-0.39, 0.29) is 28.6 Å². The second kappa shape index (κ2) is 4.92. The molecule has 0 aromatic heterocycles. The highest BCUT2D eigenvalue weighted by atomic mass is 16.6. The molecular formula is C18H26O4. The van der Waals surface area contributed by atoms with Gasteiger partial charge >= 0.3 is 5.97 Å². The van der Waals surface area contributed by atoms with Crippen molar-refractivity contribution in [1.29, 1.82) is 0 Å². The van der Waals surface area contributed by atoms with Crippen molar-refractivity contribution < 1.29 is 19.4 Å². The molecule has 0 aromatic carbocycles. The Morgan fingerprint density at radius 2 is 1.91 bits per heavy atom. The minimum atomic E-state index is -0.676. The number of hydrogen-bond donors (Lipinski definition) is 1.